The van der Waals surface area contributed by atoms with Crippen LogP contribution in [-0.4, -0.2) is 16.6 Å². The van der Waals surface area contributed by atoms with E-state index in [9.17, 15) is 4.79 Å². The molecule has 23 heavy (non-hydrogen) atoms. The highest BCUT2D eigenvalue weighted by Crippen LogP contribution is 2.30. The molecular weight excluding hydrogens is 326 g/mol. The molecule has 2 aromatic carbocycles. The number of fused-ring (bicyclic) bond motifs is 1. The first-order chi connectivity index (χ1) is 11.0. The van der Waals surface area contributed by atoms with Gasteiger partial charge in [-0.15, -0.1) is 11.3 Å². The van der Waals surface area contributed by atoms with Crippen molar-refractivity contribution in [2.75, 3.05) is 16.8 Å². The fourth-order valence-corrected chi connectivity index (χ4v) is 4.10. The number of anilines is 2. The smallest absolute Gasteiger partial charge is 0.234 e. The minimum absolute atomic E-state index is 0.0255. The van der Waals surface area contributed by atoms with Crippen LogP contribution >= 0.6 is 23.1 Å². The van der Waals surface area contributed by atoms with Crippen molar-refractivity contribution in [1.82, 2.24) is 4.98 Å². The molecule has 0 unspecified atom stereocenters. The molecule has 3 N–H and O–H groups in total. The van der Waals surface area contributed by atoms with Gasteiger partial charge in [-0.05, 0) is 49.2 Å². The number of nitrogens with two attached hydrogens (primary N) is 1. The minimum atomic E-state index is -0.0255. The standard InChI is InChI=1S/C17H17N3OS2/c1-10-4-3-5-13(11(10)2)19-16(21)9-22-17-20-14-7-6-12(18)8-15(14)23-17/h3-8H,9,18H2,1-2H3,(H,19,21). The summed E-state index contributed by atoms with van der Waals surface area (Å²) in [6, 6.07) is 11.6. The summed E-state index contributed by atoms with van der Waals surface area (Å²) >= 11 is 3.00. The van der Waals surface area contributed by atoms with Gasteiger partial charge in [0, 0.05) is 11.4 Å². The molecule has 3 rings (SSSR count). The van der Waals surface area contributed by atoms with Gasteiger partial charge in [0.15, 0.2) is 4.34 Å². The van der Waals surface area contributed by atoms with Gasteiger partial charge in [-0.1, -0.05) is 23.9 Å². The predicted molar refractivity (Wildman–Crippen MR) is 99.3 cm³/mol. The Bertz CT molecular complexity index is 873. The second-order valence-electron chi connectivity index (χ2n) is 5.29. The summed E-state index contributed by atoms with van der Waals surface area (Å²) in [5.74, 6) is 0.311. The van der Waals surface area contributed by atoms with Crippen LogP contribution in [0.25, 0.3) is 10.2 Å². The maximum absolute atomic E-state index is 12.1. The van der Waals surface area contributed by atoms with Gasteiger partial charge < -0.3 is 11.1 Å². The van der Waals surface area contributed by atoms with Crippen molar-refractivity contribution in [3.8, 4) is 0 Å². The zero-order valence-corrected chi connectivity index (χ0v) is 14.6. The second kappa shape index (κ2) is 6.60. The Morgan fingerprint density at radius 1 is 1.30 bits per heavy atom. The molecule has 118 valence electrons. The van der Waals surface area contributed by atoms with E-state index in [1.165, 1.54) is 17.3 Å². The van der Waals surface area contributed by atoms with E-state index in [4.69, 9.17) is 5.73 Å². The highest BCUT2D eigenvalue weighted by atomic mass is 32.2. The lowest BCUT2D eigenvalue weighted by atomic mass is 10.1. The summed E-state index contributed by atoms with van der Waals surface area (Å²) in [5, 5.41) is 2.96. The molecule has 0 saturated heterocycles. The molecule has 0 aliphatic rings. The first-order valence-corrected chi connectivity index (χ1v) is 8.98. The number of thioether (sulfide) groups is 1. The molecule has 0 spiro atoms. The van der Waals surface area contributed by atoms with E-state index < -0.39 is 0 Å². The molecule has 4 nitrogen and oxygen atoms in total. The maximum Gasteiger partial charge on any atom is 0.234 e. The molecule has 0 bridgehead atoms. The third kappa shape index (κ3) is 3.65. The number of aryl methyl sites for hydroxylation is 1. The Morgan fingerprint density at radius 2 is 2.13 bits per heavy atom. The van der Waals surface area contributed by atoms with E-state index in [1.807, 2.05) is 50.2 Å². The molecule has 3 aromatic rings. The summed E-state index contributed by atoms with van der Waals surface area (Å²) in [4.78, 5) is 16.7. The molecule has 1 aromatic heterocycles. The lowest BCUT2D eigenvalue weighted by Crippen LogP contribution is -2.15. The van der Waals surface area contributed by atoms with E-state index >= 15 is 0 Å². The number of hydrogen-bond donors (Lipinski definition) is 2. The van der Waals surface area contributed by atoms with Crippen LogP contribution in [0.1, 0.15) is 11.1 Å². The van der Waals surface area contributed by atoms with Crippen molar-refractivity contribution in [1.29, 1.82) is 0 Å². The number of carbonyl (C=O) groups excluding carboxylic acids is 1. The number of carbonyl (C=O) groups is 1. The van der Waals surface area contributed by atoms with Crippen LogP contribution in [0.15, 0.2) is 40.7 Å². The average molecular weight is 343 g/mol. The monoisotopic (exact) mass is 343 g/mol. The van der Waals surface area contributed by atoms with Crippen molar-refractivity contribution in [2.45, 2.75) is 18.2 Å². The topological polar surface area (TPSA) is 68.0 Å². The SMILES string of the molecule is Cc1cccc(NC(=O)CSc2nc3ccc(N)cc3s2)c1C. The van der Waals surface area contributed by atoms with Crippen LogP contribution in [0.2, 0.25) is 0 Å². The molecule has 0 atom stereocenters. The summed E-state index contributed by atoms with van der Waals surface area (Å²) in [7, 11) is 0. The average Bonchev–Trinajstić information content (AvgIpc) is 2.92. The number of rotatable bonds is 4. The van der Waals surface area contributed by atoms with E-state index in [1.54, 1.807) is 11.3 Å². The van der Waals surface area contributed by atoms with Gasteiger partial charge in [0.05, 0.1) is 16.0 Å². The van der Waals surface area contributed by atoms with E-state index in [0.717, 1.165) is 31.5 Å². The number of nitrogens with one attached hydrogen (secondary N) is 1. The molecule has 0 radical (unpaired) electrons. The largest absolute Gasteiger partial charge is 0.399 e. The number of benzene rings is 2. The summed E-state index contributed by atoms with van der Waals surface area (Å²) in [6.45, 7) is 4.04. The van der Waals surface area contributed by atoms with Gasteiger partial charge in [-0.2, -0.15) is 0 Å². The van der Waals surface area contributed by atoms with Crippen molar-refractivity contribution in [3.05, 3.63) is 47.5 Å². The van der Waals surface area contributed by atoms with Gasteiger partial charge >= 0.3 is 0 Å². The lowest BCUT2D eigenvalue weighted by Gasteiger charge is -2.09. The molecule has 0 fully saturated rings. The Morgan fingerprint density at radius 3 is 2.96 bits per heavy atom. The number of nitrogens with zero attached hydrogens (tertiary/aromatic N) is 1. The lowest BCUT2D eigenvalue weighted by molar-refractivity contribution is -0.113. The number of hydrogen-bond acceptors (Lipinski definition) is 5. The van der Waals surface area contributed by atoms with E-state index in [-0.39, 0.29) is 5.91 Å². The van der Waals surface area contributed by atoms with E-state index in [2.05, 4.69) is 10.3 Å². The summed E-state index contributed by atoms with van der Waals surface area (Å²) in [5.41, 5.74) is 10.6. The zero-order chi connectivity index (χ0) is 16.4. The van der Waals surface area contributed by atoms with Crippen LogP contribution in [0.3, 0.4) is 0 Å². The maximum atomic E-state index is 12.1. The van der Waals surface area contributed by atoms with Crippen LogP contribution in [0.5, 0.6) is 0 Å². The Labute approximate surface area is 143 Å². The number of aromatic nitrogens is 1. The zero-order valence-electron chi connectivity index (χ0n) is 12.9. The van der Waals surface area contributed by atoms with Crippen molar-refractivity contribution < 1.29 is 4.79 Å². The van der Waals surface area contributed by atoms with Crippen LogP contribution in [0.4, 0.5) is 11.4 Å². The molecule has 0 saturated carbocycles. The van der Waals surface area contributed by atoms with E-state index in [0.29, 0.717) is 5.75 Å². The van der Waals surface area contributed by atoms with Crippen LogP contribution in [0, 0.1) is 13.8 Å². The molecule has 1 heterocycles. The van der Waals surface area contributed by atoms with Crippen molar-refractivity contribution >= 4 is 50.6 Å². The molecule has 6 heteroatoms. The summed E-state index contributed by atoms with van der Waals surface area (Å²) < 4.78 is 1.92. The third-order valence-electron chi connectivity index (χ3n) is 3.60. The van der Waals surface area contributed by atoms with Gasteiger partial charge in [-0.3, -0.25) is 4.79 Å². The third-order valence-corrected chi connectivity index (χ3v) is 5.76. The van der Waals surface area contributed by atoms with Gasteiger partial charge in [-0.25, -0.2) is 4.98 Å². The number of nitrogen functional groups attached to an aromatic ring is 1. The molecule has 0 aliphatic carbocycles. The fourth-order valence-electron chi connectivity index (χ4n) is 2.18. The number of thiazole rings is 1. The molecule has 0 aliphatic heterocycles. The van der Waals surface area contributed by atoms with Crippen LogP contribution < -0.4 is 11.1 Å². The minimum Gasteiger partial charge on any atom is -0.399 e. The fraction of sp³-hybridized carbons (Fsp3) is 0.176. The molecular formula is C17H17N3OS2. The Balaban J connectivity index is 1.65. The number of amides is 1. The van der Waals surface area contributed by atoms with Crippen molar-refractivity contribution in [3.63, 3.8) is 0 Å². The molecule has 1 amide bonds. The summed E-state index contributed by atoms with van der Waals surface area (Å²) in [6.07, 6.45) is 0. The van der Waals surface area contributed by atoms with Gasteiger partial charge in [0.25, 0.3) is 0 Å². The second-order valence-corrected chi connectivity index (χ2v) is 7.54. The predicted octanol–water partition coefficient (Wildman–Crippen LogP) is 4.23. The Hall–Kier alpha value is -2.05. The van der Waals surface area contributed by atoms with Crippen molar-refractivity contribution in [2.24, 2.45) is 0 Å². The van der Waals surface area contributed by atoms with Crippen LogP contribution in [-0.2, 0) is 4.79 Å². The first kappa shape index (κ1) is 15.8. The normalized spacial score (nSPS) is 10.9. The first-order valence-electron chi connectivity index (χ1n) is 7.18. The quantitative estimate of drug-likeness (QED) is 0.549. The van der Waals surface area contributed by atoms with Gasteiger partial charge in [0.2, 0.25) is 5.91 Å². The highest BCUT2D eigenvalue weighted by molar-refractivity contribution is 8.01. The van der Waals surface area contributed by atoms with Gasteiger partial charge in [0.1, 0.15) is 0 Å². The Kier molecular flexibility index (Phi) is 4.54. The highest BCUT2D eigenvalue weighted by Gasteiger charge is 2.10.